The molecule has 2 N–H and O–H groups in total. The maximum atomic E-state index is 5.80. The number of aryl methyl sites for hydroxylation is 1. The molecule has 2 aromatic rings. The van der Waals surface area contributed by atoms with Crippen molar-refractivity contribution in [3.8, 4) is 0 Å². The molecule has 1 aromatic heterocycles. The number of benzene rings is 1. The molecule has 0 saturated heterocycles. The molecule has 0 radical (unpaired) electrons. The molecule has 0 aliphatic heterocycles. The molecule has 1 heterocycles. The number of nitrogen functional groups attached to an aromatic ring is 1. The molecule has 13 heavy (non-hydrogen) atoms. The fraction of sp³-hybridized carbons (Fsp3) is 0.100. The highest BCUT2D eigenvalue weighted by atomic mass is 35.5. The van der Waals surface area contributed by atoms with Crippen molar-refractivity contribution in [1.29, 1.82) is 0 Å². The van der Waals surface area contributed by atoms with Crippen LogP contribution in [0.1, 0.15) is 5.56 Å². The minimum absolute atomic E-state index is 0.475. The Bertz CT molecular complexity index is 466. The van der Waals surface area contributed by atoms with E-state index in [1.54, 1.807) is 6.07 Å². The minimum Gasteiger partial charge on any atom is -0.397 e. The molecule has 1 aromatic carbocycles. The molecule has 0 aliphatic rings. The van der Waals surface area contributed by atoms with Gasteiger partial charge in [-0.3, -0.25) is 0 Å². The molecule has 0 atom stereocenters. The van der Waals surface area contributed by atoms with Crippen LogP contribution in [0, 0.1) is 6.92 Å². The number of fused-ring (bicyclic) bond motifs is 1. The Morgan fingerprint density at radius 1 is 1.31 bits per heavy atom. The van der Waals surface area contributed by atoms with Crippen LogP contribution in [0.25, 0.3) is 10.9 Å². The monoisotopic (exact) mass is 192 g/mol. The normalized spacial score (nSPS) is 10.6. The van der Waals surface area contributed by atoms with Crippen LogP contribution in [0.5, 0.6) is 0 Å². The highest BCUT2D eigenvalue weighted by Crippen LogP contribution is 2.22. The van der Waals surface area contributed by atoms with E-state index in [0.29, 0.717) is 10.8 Å². The van der Waals surface area contributed by atoms with Gasteiger partial charge in [-0.25, -0.2) is 4.98 Å². The standard InChI is InChI=1S/C10H9ClN2/c1-6-4-7-2-3-9(11)13-10(7)8(12)5-6/h2-5H,12H2,1H3. The second kappa shape index (κ2) is 2.89. The third-order valence-corrected chi connectivity index (χ3v) is 2.14. The smallest absolute Gasteiger partial charge is 0.129 e. The van der Waals surface area contributed by atoms with Crippen molar-refractivity contribution in [2.45, 2.75) is 6.92 Å². The Kier molecular flexibility index (Phi) is 1.85. The van der Waals surface area contributed by atoms with Gasteiger partial charge in [0.1, 0.15) is 5.15 Å². The fourth-order valence-electron chi connectivity index (χ4n) is 1.39. The first kappa shape index (κ1) is 8.32. The zero-order valence-electron chi connectivity index (χ0n) is 7.21. The summed E-state index contributed by atoms with van der Waals surface area (Å²) in [5, 5.41) is 1.50. The minimum atomic E-state index is 0.475. The number of halogens is 1. The van der Waals surface area contributed by atoms with Crippen molar-refractivity contribution in [3.63, 3.8) is 0 Å². The van der Waals surface area contributed by atoms with Gasteiger partial charge in [-0.05, 0) is 36.8 Å². The predicted octanol–water partition coefficient (Wildman–Crippen LogP) is 2.78. The van der Waals surface area contributed by atoms with Crippen LogP contribution < -0.4 is 5.73 Å². The van der Waals surface area contributed by atoms with Gasteiger partial charge in [0.25, 0.3) is 0 Å². The third-order valence-electron chi connectivity index (χ3n) is 1.93. The summed E-state index contributed by atoms with van der Waals surface area (Å²) in [7, 11) is 0. The number of hydrogen-bond donors (Lipinski definition) is 1. The van der Waals surface area contributed by atoms with Gasteiger partial charge >= 0.3 is 0 Å². The van der Waals surface area contributed by atoms with E-state index in [1.165, 1.54) is 0 Å². The summed E-state index contributed by atoms with van der Waals surface area (Å²) in [5.41, 5.74) is 8.39. The van der Waals surface area contributed by atoms with Gasteiger partial charge in [0.15, 0.2) is 0 Å². The number of hydrogen-bond acceptors (Lipinski definition) is 2. The van der Waals surface area contributed by atoms with E-state index in [9.17, 15) is 0 Å². The lowest BCUT2D eigenvalue weighted by Crippen LogP contribution is -1.90. The summed E-state index contributed by atoms with van der Waals surface area (Å²) < 4.78 is 0. The SMILES string of the molecule is Cc1cc(N)c2nc(Cl)ccc2c1. The maximum absolute atomic E-state index is 5.80. The van der Waals surface area contributed by atoms with Crippen LogP contribution in [-0.2, 0) is 0 Å². The van der Waals surface area contributed by atoms with E-state index in [2.05, 4.69) is 4.98 Å². The highest BCUT2D eigenvalue weighted by molar-refractivity contribution is 6.29. The third kappa shape index (κ3) is 1.45. The van der Waals surface area contributed by atoms with E-state index in [1.807, 2.05) is 25.1 Å². The summed E-state index contributed by atoms with van der Waals surface area (Å²) in [4.78, 5) is 4.16. The molecule has 0 bridgehead atoms. The van der Waals surface area contributed by atoms with Gasteiger partial charge in [0.05, 0.1) is 11.2 Å². The summed E-state index contributed by atoms with van der Waals surface area (Å²) in [6, 6.07) is 7.62. The molecule has 0 aliphatic carbocycles. The van der Waals surface area contributed by atoms with Crippen molar-refractivity contribution < 1.29 is 0 Å². The van der Waals surface area contributed by atoms with Crippen LogP contribution in [-0.4, -0.2) is 4.98 Å². The molecule has 2 rings (SSSR count). The molecule has 2 nitrogen and oxygen atoms in total. The van der Waals surface area contributed by atoms with Crippen molar-refractivity contribution in [2.75, 3.05) is 5.73 Å². The quantitative estimate of drug-likeness (QED) is 0.515. The zero-order chi connectivity index (χ0) is 9.42. The molecule has 0 spiro atoms. The van der Waals surface area contributed by atoms with Crippen molar-refractivity contribution >= 4 is 28.2 Å². The van der Waals surface area contributed by atoms with Crippen LogP contribution in [0.3, 0.4) is 0 Å². The molecular formula is C10H9ClN2. The Labute approximate surface area is 81.3 Å². The first-order valence-corrected chi connectivity index (χ1v) is 4.37. The number of rotatable bonds is 0. The lowest BCUT2D eigenvalue weighted by atomic mass is 10.1. The molecule has 0 saturated carbocycles. The second-order valence-corrected chi connectivity index (χ2v) is 3.45. The number of nitrogens with two attached hydrogens (primary N) is 1. The van der Waals surface area contributed by atoms with Crippen molar-refractivity contribution in [1.82, 2.24) is 4.98 Å². The van der Waals surface area contributed by atoms with Crippen LogP contribution >= 0.6 is 11.6 Å². The molecule has 0 unspecified atom stereocenters. The summed E-state index contributed by atoms with van der Waals surface area (Å²) in [5.74, 6) is 0. The van der Waals surface area contributed by atoms with Crippen molar-refractivity contribution in [3.05, 3.63) is 35.0 Å². The van der Waals surface area contributed by atoms with E-state index in [0.717, 1.165) is 16.5 Å². The van der Waals surface area contributed by atoms with Crippen LogP contribution in [0.15, 0.2) is 24.3 Å². The largest absolute Gasteiger partial charge is 0.397 e. The predicted molar refractivity (Wildman–Crippen MR) is 55.9 cm³/mol. The number of nitrogens with zero attached hydrogens (tertiary/aromatic N) is 1. The van der Waals surface area contributed by atoms with Crippen LogP contribution in [0.2, 0.25) is 5.15 Å². The lowest BCUT2D eigenvalue weighted by Gasteiger charge is -2.02. The molecule has 3 heteroatoms. The van der Waals surface area contributed by atoms with Gasteiger partial charge in [-0.2, -0.15) is 0 Å². The topological polar surface area (TPSA) is 38.9 Å². The fourth-order valence-corrected chi connectivity index (χ4v) is 1.54. The average molecular weight is 193 g/mol. The number of anilines is 1. The molecular weight excluding hydrogens is 184 g/mol. The van der Waals surface area contributed by atoms with Gasteiger partial charge in [-0.15, -0.1) is 0 Å². The first-order chi connectivity index (χ1) is 6.16. The highest BCUT2D eigenvalue weighted by Gasteiger charge is 2.01. The summed E-state index contributed by atoms with van der Waals surface area (Å²) in [6.07, 6.45) is 0. The molecule has 0 fully saturated rings. The second-order valence-electron chi connectivity index (χ2n) is 3.06. The average Bonchev–Trinajstić information content (AvgIpc) is 2.06. The molecule has 66 valence electrons. The summed E-state index contributed by atoms with van der Waals surface area (Å²) >= 11 is 5.76. The Morgan fingerprint density at radius 3 is 2.85 bits per heavy atom. The van der Waals surface area contributed by atoms with E-state index < -0.39 is 0 Å². The Hall–Kier alpha value is -1.28. The van der Waals surface area contributed by atoms with Gasteiger partial charge in [-0.1, -0.05) is 11.6 Å². The van der Waals surface area contributed by atoms with E-state index >= 15 is 0 Å². The summed E-state index contributed by atoms with van der Waals surface area (Å²) in [6.45, 7) is 2.00. The Morgan fingerprint density at radius 2 is 2.08 bits per heavy atom. The van der Waals surface area contributed by atoms with E-state index in [-0.39, 0.29) is 0 Å². The van der Waals surface area contributed by atoms with Crippen molar-refractivity contribution in [2.24, 2.45) is 0 Å². The van der Waals surface area contributed by atoms with Gasteiger partial charge < -0.3 is 5.73 Å². The Balaban J connectivity index is 2.87. The number of pyridine rings is 1. The maximum Gasteiger partial charge on any atom is 0.129 e. The number of aromatic nitrogens is 1. The van der Waals surface area contributed by atoms with Crippen LogP contribution in [0.4, 0.5) is 5.69 Å². The lowest BCUT2D eigenvalue weighted by molar-refractivity contribution is 1.39. The van der Waals surface area contributed by atoms with Gasteiger partial charge in [0, 0.05) is 5.39 Å². The first-order valence-electron chi connectivity index (χ1n) is 3.99. The molecule has 0 amide bonds. The van der Waals surface area contributed by atoms with Gasteiger partial charge in [0.2, 0.25) is 0 Å². The zero-order valence-corrected chi connectivity index (χ0v) is 7.97. The van der Waals surface area contributed by atoms with E-state index in [4.69, 9.17) is 17.3 Å².